The molecule has 0 N–H and O–H groups in total. The van der Waals surface area contributed by atoms with E-state index in [9.17, 15) is 4.39 Å². The van der Waals surface area contributed by atoms with Gasteiger partial charge in [0, 0.05) is 11.9 Å². The smallest absolute Gasteiger partial charge is 0.150 e. The van der Waals surface area contributed by atoms with Gasteiger partial charge in [-0.2, -0.15) is 0 Å². The highest BCUT2D eigenvalue weighted by Gasteiger charge is 2.26. The second-order valence-corrected chi connectivity index (χ2v) is 7.00. The summed E-state index contributed by atoms with van der Waals surface area (Å²) in [6, 6.07) is 0. The van der Waals surface area contributed by atoms with Crippen LogP contribution in [0.1, 0.15) is 17.7 Å². The molecule has 0 spiro atoms. The first-order chi connectivity index (χ1) is 10.6. The fraction of sp³-hybridized carbons (Fsp3) is 0.400. The Balaban J connectivity index is 2.02. The van der Waals surface area contributed by atoms with Crippen molar-refractivity contribution in [3.63, 3.8) is 0 Å². The van der Waals surface area contributed by atoms with E-state index >= 15 is 0 Å². The summed E-state index contributed by atoms with van der Waals surface area (Å²) in [5.74, 6) is 0.807. The normalized spacial score (nSPS) is 18.7. The van der Waals surface area contributed by atoms with Gasteiger partial charge in [-0.3, -0.25) is 0 Å². The van der Waals surface area contributed by atoms with Crippen LogP contribution in [0.5, 0.6) is 0 Å². The number of rotatable bonds is 1. The number of anilines is 1. The number of hydrogen-bond donors (Lipinski definition) is 0. The topological polar surface area (TPSA) is 41.9 Å². The minimum atomic E-state index is -0.782. The number of alkyl halides is 1. The van der Waals surface area contributed by atoms with Crippen LogP contribution in [0.3, 0.4) is 0 Å². The molecule has 3 aromatic heterocycles. The Bertz CT molecular complexity index is 894. The van der Waals surface area contributed by atoms with Gasteiger partial charge in [0.25, 0.3) is 0 Å². The summed E-state index contributed by atoms with van der Waals surface area (Å²) in [4.78, 5) is 16.3. The van der Waals surface area contributed by atoms with Gasteiger partial charge in [-0.05, 0) is 25.8 Å². The van der Waals surface area contributed by atoms with Crippen LogP contribution in [-0.4, -0.2) is 34.2 Å². The van der Waals surface area contributed by atoms with Crippen molar-refractivity contribution in [1.82, 2.24) is 15.0 Å². The molecular formula is C15H14ClFN4S. The molecule has 0 aliphatic carbocycles. The lowest BCUT2D eigenvalue weighted by Gasteiger charge is -2.16. The van der Waals surface area contributed by atoms with Crippen molar-refractivity contribution in [2.45, 2.75) is 26.4 Å². The van der Waals surface area contributed by atoms with Gasteiger partial charge in [-0.1, -0.05) is 11.6 Å². The summed E-state index contributed by atoms with van der Waals surface area (Å²) in [7, 11) is 0. The third kappa shape index (κ3) is 1.97. The maximum absolute atomic E-state index is 13.5. The number of thiophene rings is 1. The molecule has 0 aromatic carbocycles. The molecule has 0 saturated carbocycles. The monoisotopic (exact) mass is 336 g/mol. The van der Waals surface area contributed by atoms with Gasteiger partial charge < -0.3 is 4.90 Å². The molecule has 4 nitrogen and oxygen atoms in total. The van der Waals surface area contributed by atoms with Crippen molar-refractivity contribution in [2.75, 3.05) is 18.0 Å². The van der Waals surface area contributed by atoms with Crippen LogP contribution >= 0.6 is 22.9 Å². The Kier molecular flexibility index (Phi) is 3.20. The number of hydrogen-bond acceptors (Lipinski definition) is 5. The molecular weight excluding hydrogens is 323 g/mol. The molecule has 0 radical (unpaired) electrons. The van der Waals surface area contributed by atoms with Crippen LogP contribution in [0.4, 0.5) is 10.2 Å². The number of fused-ring (bicyclic) bond motifs is 3. The summed E-state index contributed by atoms with van der Waals surface area (Å²) in [5, 5.41) is 1.66. The Morgan fingerprint density at radius 3 is 2.91 bits per heavy atom. The van der Waals surface area contributed by atoms with E-state index in [0.717, 1.165) is 37.5 Å². The molecule has 4 heterocycles. The maximum Gasteiger partial charge on any atom is 0.150 e. The third-order valence-electron chi connectivity index (χ3n) is 4.16. The first-order valence-corrected chi connectivity index (χ1v) is 8.34. The van der Waals surface area contributed by atoms with Gasteiger partial charge in [0.2, 0.25) is 0 Å². The molecule has 1 unspecified atom stereocenters. The second-order valence-electron chi connectivity index (χ2n) is 5.63. The molecule has 1 saturated heterocycles. The molecule has 0 amide bonds. The summed E-state index contributed by atoms with van der Waals surface area (Å²) < 4.78 is 14.5. The lowest BCUT2D eigenvalue weighted by atomic mass is 10.1. The molecule has 1 aliphatic heterocycles. The van der Waals surface area contributed by atoms with E-state index in [2.05, 4.69) is 15.0 Å². The number of pyridine rings is 1. The predicted molar refractivity (Wildman–Crippen MR) is 88.9 cm³/mol. The van der Waals surface area contributed by atoms with Crippen LogP contribution in [0.15, 0.2) is 6.33 Å². The number of aryl methyl sites for hydroxylation is 2. The Labute approximate surface area is 136 Å². The summed E-state index contributed by atoms with van der Waals surface area (Å²) in [6.07, 6.45) is 1.32. The molecule has 0 bridgehead atoms. The predicted octanol–water partition coefficient (Wildman–Crippen LogP) is 4.06. The van der Waals surface area contributed by atoms with Crippen LogP contribution in [0, 0.1) is 13.8 Å². The zero-order valence-electron chi connectivity index (χ0n) is 12.2. The lowest BCUT2D eigenvalue weighted by Crippen LogP contribution is -2.21. The third-order valence-corrected chi connectivity index (χ3v) is 5.78. The standard InChI is InChI=1S/C15H14ClFN4S/c1-7-10-12-13(22-15(10)20-8(2)11(7)16)14(19-6-18-12)21-4-3-9(17)5-21/h6,9H,3-5H2,1-2H3. The Hall–Kier alpha value is -1.53. The lowest BCUT2D eigenvalue weighted by molar-refractivity contribution is 0.364. The molecule has 3 aromatic rings. The first-order valence-electron chi connectivity index (χ1n) is 7.15. The fourth-order valence-corrected chi connectivity index (χ4v) is 4.41. The average molecular weight is 337 g/mol. The molecule has 22 heavy (non-hydrogen) atoms. The van der Waals surface area contributed by atoms with E-state index in [4.69, 9.17) is 11.6 Å². The van der Waals surface area contributed by atoms with Crippen molar-refractivity contribution in [1.29, 1.82) is 0 Å². The zero-order chi connectivity index (χ0) is 15.4. The van der Waals surface area contributed by atoms with Crippen molar-refractivity contribution in [2.24, 2.45) is 0 Å². The molecule has 114 valence electrons. The summed E-state index contributed by atoms with van der Waals surface area (Å²) in [6.45, 7) is 4.97. The summed E-state index contributed by atoms with van der Waals surface area (Å²) >= 11 is 7.89. The van der Waals surface area contributed by atoms with E-state index in [1.165, 1.54) is 0 Å². The highest BCUT2D eigenvalue weighted by Crippen LogP contribution is 2.40. The highest BCUT2D eigenvalue weighted by atomic mass is 35.5. The molecule has 1 atom stereocenters. The van der Waals surface area contributed by atoms with Crippen molar-refractivity contribution in [3.8, 4) is 0 Å². The van der Waals surface area contributed by atoms with E-state index in [-0.39, 0.29) is 0 Å². The van der Waals surface area contributed by atoms with Crippen LogP contribution in [0.25, 0.3) is 20.4 Å². The molecule has 7 heteroatoms. The number of halogens is 2. The van der Waals surface area contributed by atoms with Crippen LogP contribution in [-0.2, 0) is 0 Å². The minimum absolute atomic E-state index is 0.395. The van der Waals surface area contributed by atoms with Gasteiger partial charge >= 0.3 is 0 Å². The Morgan fingerprint density at radius 1 is 1.36 bits per heavy atom. The second kappa shape index (κ2) is 4.99. The quantitative estimate of drug-likeness (QED) is 0.672. The largest absolute Gasteiger partial charge is 0.352 e. The SMILES string of the molecule is Cc1nc2sc3c(N4CCC(F)C4)ncnc3c2c(C)c1Cl. The van der Waals surface area contributed by atoms with E-state index in [1.54, 1.807) is 17.7 Å². The van der Waals surface area contributed by atoms with Gasteiger partial charge in [-0.25, -0.2) is 19.3 Å². The van der Waals surface area contributed by atoms with Crippen molar-refractivity contribution < 1.29 is 4.39 Å². The van der Waals surface area contributed by atoms with Crippen LogP contribution < -0.4 is 4.90 Å². The van der Waals surface area contributed by atoms with Gasteiger partial charge in [0.1, 0.15) is 23.1 Å². The molecule has 1 fully saturated rings. The van der Waals surface area contributed by atoms with E-state index in [1.807, 2.05) is 18.7 Å². The van der Waals surface area contributed by atoms with Crippen LogP contribution in [0.2, 0.25) is 5.02 Å². The zero-order valence-corrected chi connectivity index (χ0v) is 13.8. The van der Waals surface area contributed by atoms with Gasteiger partial charge in [0.15, 0.2) is 0 Å². The van der Waals surface area contributed by atoms with Crippen molar-refractivity contribution in [3.05, 3.63) is 22.6 Å². The van der Waals surface area contributed by atoms with E-state index in [0.29, 0.717) is 24.5 Å². The molecule has 1 aliphatic rings. The fourth-order valence-electron chi connectivity index (χ4n) is 3.02. The first kappa shape index (κ1) is 14.1. The van der Waals surface area contributed by atoms with E-state index < -0.39 is 6.17 Å². The molecule has 4 rings (SSSR count). The number of aromatic nitrogens is 3. The van der Waals surface area contributed by atoms with Gasteiger partial charge in [0.05, 0.1) is 27.5 Å². The van der Waals surface area contributed by atoms with Crippen molar-refractivity contribution >= 4 is 49.2 Å². The maximum atomic E-state index is 13.5. The van der Waals surface area contributed by atoms with Gasteiger partial charge in [-0.15, -0.1) is 11.3 Å². The summed E-state index contributed by atoms with van der Waals surface area (Å²) in [5.41, 5.74) is 2.67. The number of nitrogens with zero attached hydrogens (tertiary/aromatic N) is 4. The average Bonchev–Trinajstić information content (AvgIpc) is 3.07. The Morgan fingerprint density at radius 2 is 2.18 bits per heavy atom. The highest BCUT2D eigenvalue weighted by molar-refractivity contribution is 7.26. The minimum Gasteiger partial charge on any atom is -0.352 e.